The molecule has 1 aliphatic heterocycles. The fraction of sp³-hybridized carbons (Fsp3) is 0.0741. The van der Waals surface area contributed by atoms with Crippen molar-refractivity contribution in [2.75, 3.05) is 11.9 Å². The molecule has 4 heteroatoms. The van der Waals surface area contributed by atoms with Crippen molar-refractivity contribution in [1.29, 1.82) is 0 Å². The Labute approximate surface area is 184 Å². The SMILES string of the molecule is CN1C(=O)C(c2oc3ccc4ccccc4c3c2-c2ccccc2)c2cc(Cl)ccc21. The van der Waals surface area contributed by atoms with E-state index in [-0.39, 0.29) is 5.91 Å². The van der Waals surface area contributed by atoms with Gasteiger partial charge in [-0.1, -0.05) is 72.3 Å². The zero-order valence-electron chi connectivity index (χ0n) is 16.8. The van der Waals surface area contributed by atoms with Gasteiger partial charge < -0.3 is 9.32 Å². The maximum Gasteiger partial charge on any atom is 0.242 e. The van der Waals surface area contributed by atoms with Gasteiger partial charge in [0.05, 0.1) is 0 Å². The van der Waals surface area contributed by atoms with Gasteiger partial charge in [0, 0.05) is 28.7 Å². The van der Waals surface area contributed by atoms with Gasteiger partial charge >= 0.3 is 0 Å². The summed E-state index contributed by atoms with van der Waals surface area (Å²) in [7, 11) is 1.80. The van der Waals surface area contributed by atoms with Crippen molar-refractivity contribution < 1.29 is 9.21 Å². The lowest BCUT2D eigenvalue weighted by atomic mass is 9.90. The van der Waals surface area contributed by atoms with Crippen LogP contribution in [0.15, 0.2) is 89.3 Å². The van der Waals surface area contributed by atoms with Crippen molar-refractivity contribution >= 4 is 44.9 Å². The van der Waals surface area contributed by atoms with Crippen molar-refractivity contribution in [3.05, 3.63) is 101 Å². The van der Waals surface area contributed by atoms with Gasteiger partial charge in [0.1, 0.15) is 17.3 Å². The predicted molar refractivity (Wildman–Crippen MR) is 126 cm³/mol. The van der Waals surface area contributed by atoms with E-state index in [1.165, 1.54) is 0 Å². The second-order valence-corrected chi connectivity index (χ2v) is 8.34. The lowest BCUT2D eigenvalue weighted by molar-refractivity contribution is -0.118. The van der Waals surface area contributed by atoms with Gasteiger partial charge in [0.2, 0.25) is 5.91 Å². The fourth-order valence-corrected chi connectivity index (χ4v) is 4.92. The third kappa shape index (κ3) is 2.63. The minimum atomic E-state index is -0.542. The zero-order chi connectivity index (χ0) is 21.1. The molecule has 0 spiro atoms. The van der Waals surface area contributed by atoms with E-state index < -0.39 is 5.92 Å². The van der Waals surface area contributed by atoms with Crippen molar-refractivity contribution in [1.82, 2.24) is 0 Å². The molecular formula is C27H18ClNO2. The summed E-state index contributed by atoms with van der Waals surface area (Å²) in [5.41, 5.74) is 4.51. The normalized spacial score (nSPS) is 15.7. The van der Waals surface area contributed by atoms with Crippen LogP contribution >= 0.6 is 11.6 Å². The van der Waals surface area contributed by atoms with Crippen LogP contribution in [0.1, 0.15) is 17.2 Å². The van der Waals surface area contributed by atoms with Gasteiger partial charge in [0.25, 0.3) is 0 Å². The number of rotatable bonds is 2. The number of benzene rings is 4. The molecular weight excluding hydrogens is 406 g/mol. The molecule has 0 fully saturated rings. The molecule has 0 saturated heterocycles. The van der Waals surface area contributed by atoms with E-state index in [0.29, 0.717) is 10.8 Å². The molecule has 150 valence electrons. The van der Waals surface area contributed by atoms with Gasteiger partial charge in [-0.25, -0.2) is 0 Å². The van der Waals surface area contributed by atoms with Gasteiger partial charge in [-0.05, 0) is 46.2 Å². The first-order valence-electron chi connectivity index (χ1n) is 10.2. The number of hydrogen-bond acceptors (Lipinski definition) is 2. The summed E-state index contributed by atoms with van der Waals surface area (Å²) in [4.78, 5) is 15.1. The average molecular weight is 424 g/mol. The number of anilines is 1. The fourth-order valence-electron chi connectivity index (χ4n) is 4.74. The van der Waals surface area contributed by atoms with Crippen LogP contribution in [0.5, 0.6) is 0 Å². The molecule has 0 radical (unpaired) electrons. The highest BCUT2D eigenvalue weighted by atomic mass is 35.5. The molecule has 1 amide bonds. The van der Waals surface area contributed by atoms with E-state index in [2.05, 4.69) is 30.3 Å². The predicted octanol–water partition coefficient (Wildman–Crippen LogP) is 7.01. The molecule has 0 N–H and O–H groups in total. The molecule has 1 unspecified atom stereocenters. The molecule has 31 heavy (non-hydrogen) atoms. The quantitative estimate of drug-likeness (QED) is 0.306. The Morgan fingerprint density at radius 1 is 0.903 bits per heavy atom. The molecule has 4 aromatic carbocycles. The first-order valence-corrected chi connectivity index (χ1v) is 10.6. The molecule has 1 aliphatic rings. The summed E-state index contributed by atoms with van der Waals surface area (Å²) in [6, 6.07) is 28.1. The molecule has 2 heterocycles. The summed E-state index contributed by atoms with van der Waals surface area (Å²) in [6.07, 6.45) is 0. The number of carbonyl (C=O) groups is 1. The van der Waals surface area contributed by atoms with Crippen molar-refractivity contribution in [2.24, 2.45) is 0 Å². The Hall–Kier alpha value is -3.56. The third-order valence-electron chi connectivity index (χ3n) is 6.17. The number of fused-ring (bicyclic) bond motifs is 4. The number of halogens is 1. The lowest BCUT2D eigenvalue weighted by Crippen LogP contribution is -2.24. The van der Waals surface area contributed by atoms with E-state index in [1.807, 2.05) is 54.6 Å². The number of nitrogens with zero attached hydrogens (tertiary/aromatic N) is 1. The Morgan fingerprint density at radius 3 is 2.52 bits per heavy atom. The number of carbonyl (C=O) groups excluding carboxylic acids is 1. The summed E-state index contributed by atoms with van der Waals surface area (Å²) >= 11 is 6.32. The van der Waals surface area contributed by atoms with E-state index in [9.17, 15) is 4.79 Å². The van der Waals surface area contributed by atoms with Crippen molar-refractivity contribution in [2.45, 2.75) is 5.92 Å². The second kappa shape index (κ2) is 6.73. The molecule has 0 saturated carbocycles. The number of likely N-dealkylation sites (N-methyl/N-ethyl adjacent to an activating group) is 1. The molecule has 0 aliphatic carbocycles. The topological polar surface area (TPSA) is 33.5 Å². The van der Waals surface area contributed by atoms with Crippen LogP contribution in [0.4, 0.5) is 5.69 Å². The van der Waals surface area contributed by atoms with Crippen LogP contribution in [-0.2, 0) is 4.79 Å². The summed E-state index contributed by atoms with van der Waals surface area (Å²) in [5.74, 6) is 0.105. The number of furan rings is 1. The van der Waals surface area contributed by atoms with Gasteiger partial charge in [-0.3, -0.25) is 4.79 Å². The van der Waals surface area contributed by atoms with Crippen molar-refractivity contribution in [3.8, 4) is 11.1 Å². The zero-order valence-corrected chi connectivity index (χ0v) is 17.6. The van der Waals surface area contributed by atoms with Crippen LogP contribution < -0.4 is 4.90 Å². The maximum absolute atomic E-state index is 13.4. The molecule has 5 aromatic rings. The summed E-state index contributed by atoms with van der Waals surface area (Å²) in [6.45, 7) is 0. The highest BCUT2D eigenvalue weighted by molar-refractivity contribution is 6.31. The molecule has 3 nitrogen and oxygen atoms in total. The minimum absolute atomic E-state index is 0.0159. The van der Waals surface area contributed by atoms with Crippen LogP contribution in [-0.4, -0.2) is 13.0 Å². The van der Waals surface area contributed by atoms with E-state index in [1.54, 1.807) is 11.9 Å². The summed E-state index contributed by atoms with van der Waals surface area (Å²) in [5, 5.41) is 3.89. The highest BCUT2D eigenvalue weighted by Crippen LogP contribution is 2.48. The van der Waals surface area contributed by atoms with E-state index in [4.69, 9.17) is 16.0 Å². The average Bonchev–Trinajstić information content (AvgIpc) is 3.29. The molecule has 1 atom stereocenters. The Kier molecular flexibility index (Phi) is 3.95. The standard InChI is InChI=1S/C27H18ClNO2/c1-29-21-13-12-18(28)15-20(21)25(27(29)30)26-23(17-8-3-2-4-9-17)24-19-10-6-5-7-16(19)11-14-22(24)31-26/h2-15,25H,1H3. The maximum atomic E-state index is 13.4. The highest BCUT2D eigenvalue weighted by Gasteiger charge is 2.40. The third-order valence-corrected chi connectivity index (χ3v) is 6.41. The Morgan fingerprint density at radius 2 is 1.68 bits per heavy atom. The van der Waals surface area contributed by atoms with Crippen LogP contribution in [0, 0.1) is 0 Å². The second-order valence-electron chi connectivity index (χ2n) is 7.90. The summed E-state index contributed by atoms with van der Waals surface area (Å²) < 4.78 is 6.47. The smallest absolute Gasteiger partial charge is 0.242 e. The number of amides is 1. The monoisotopic (exact) mass is 423 g/mol. The minimum Gasteiger partial charge on any atom is -0.459 e. The molecule has 1 aromatic heterocycles. The van der Waals surface area contributed by atoms with Gasteiger partial charge in [0.15, 0.2) is 0 Å². The first kappa shape index (κ1) is 18.2. The van der Waals surface area contributed by atoms with Crippen LogP contribution in [0.25, 0.3) is 32.9 Å². The van der Waals surface area contributed by atoms with Crippen LogP contribution in [0.3, 0.4) is 0 Å². The van der Waals surface area contributed by atoms with Crippen molar-refractivity contribution in [3.63, 3.8) is 0 Å². The largest absolute Gasteiger partial charge is 0.459 e. The lowest BCUT2D eigenvalue weighted by Gasteiger charge is -2.12. The first-order chi connectivity index (χ1) is 15.1. The van der Waals surface area contributed by atoms with Gasteiger partial charge in [-0.15, -0.1) is 0 Å². The Balaban J connectivity index is 1.73. The number of hydrogen-bond donors (Lipinski definition) is 0. The molecule has 6 rings (SSSR count). The van der Waals surface area contributed by atoms with E-state index in [0.717, 1.165) is 44.1 Å². The molecule has 0 bridgehead atoms. The van der Waals surface area contributed by atoms with Gasteiger partial charge in [-0.2, -0.15) is 0 Å². The Bertz CT molecular complexity index is 1490. The van der Waals surface area contributed by atoms with Crippen LogP contribution in [0.2, 0.25) is 5.02 Å². The van der Waals surface area contributed by atoms with E-state index >= 15 is 0 Å².